The van der Waals surface area contributed by atoms with Crippen molar-refractivity contribution in [1.82, 2.24) is 5.32 Å². The molecule has 0 fully saturated rings. The van der Waals surface area contributed by atoms with Gasteiger partial charge in [-0.25, -0.2) is 0 Å². The van der Waals surface area contributed by atoms with Crippen molar-refractivity contribution in [3.63, 3.8) is 0 Å². The van der Waals surface area contributed by atoms with Crippen LogP contribution in [-0.2, 0) is 17.5 Å². The number of nitrogens with one attached hydrogen (secondary N) is 1. The number of benzene rings is 2. The highest BCUT2D eigenvalue weighted by atomic mass is 35.5. The number of rotatable bonds is 5. The molecule has 1 amide bonds. The van der Waals surface area contributed by atoms with Gasteiger partial charge < -0.3 is 10.1 Å². The number of carbonyl (C=O) groups excluding carboxylic acids is 1. The lowest BCUT2D eigenvalue weighted by atomic mass is 10.1. The molecule has 0 saturated carbocycles. The Labute approximate surface area is 142 Å². The van der Waals surface area contributed by atoms with Gasteiger partial charge in [-0.15, -0.1) is 0 Å². The molecule has 2 aromatic carbocycles. The van der Waals surface area contributed by atoms with Crippen LogP contribution in [0.1, 0.15) is 18.1 Å². The van der Waals surface area contributed by atoms with Crippen molar-refractivity contribution in [3.8, 4) is 5.75 Å². The van der Waals surface area contributed by atoms with Gasteiger partial charge in [-0.1, -0.05) is 35.9 Å². The Balaban J connectivity index is 1.94. The van der Waals surface area contributed by atoms with Crippen molar-refractivity contribution < 1.29 is 22.7 Å². The third-order valence-corrected chi connectivity index (χ3v) is 3.54. The normalized spacial score (nSPS) is 12.5. The SMILES string of the molecule is C[C@H](Oc1ccccc1Cl)C(=O)NCc1cccc(C(F)(F)F)c1. The summed E-state index contributed by atoms with van der Waals surface area (Å²) in [6.45, 7) is 1.50. The summed E-state index contributed by atoms with van der Waals surface area (Å²) >= 11 is 5.94. The monoisotopic (exact) mass is 357 g/mol. The number of amides is 1. The smallest absolute Gasteiger partial charge is 0.416 e. The average molecular weight is 358 g/mol. The number of hydrogen-bond donors (Lipinski definition) is 1. The molecular weight excluding hydrogens is 343 g/mol. The van der Waals surface area contributed by atoms with Gasteiger partial charge >= 0.3 is 6.18 Å². The zero-order valence-corrected chi connectivity index (χ0v) is 13.5. The number of ether oxygens (including phenoxy) is 1. The van der Waals surface area contributed by atoms with Gasteiger partial charge in [0, 0.05) is 6.54 Å². The van der Waals surface area contributed by atoms with Crippen molar-refractivity contribution in [1.29, 1.82) is 0 Å². The Kier molecular flexibility index (Phi) is 5.72. The zero-order chi connectivity index (χ0) is 17.7. The van der Waals surface area contributed by atoms with Crippen LogP contribution < -0.4 is 10.1 Å². The molecule has 1 atom stereocenters. The molecule has 24 heavy (non-hydrogen) atoms. The van der Waals surface area contributed by atoms with Crippen molar-refractivity contribution in [3.05, 3.63) is 64.7 Å². The van der Waals surface area contributed by atoms with Crippen LogP contribution in [0, 0.1) is 0 Å². The number of halogens is 4. The first-order valence-corrected chi connectivity index (χ1v) is 7.50. The molecule has 0 aromatic heterocycles. The summed E-state index contributed by atoms with van der Waals surface area (Å²) in [5, 5.41) is 2.91. The minimum Gasteiger partial charge on any atom is -0.479 e. The van der Waals surface area contributed by atoms with Gasteiger partial charge in [0.1, 0.15) is 5.75 Å². The highest BCUT2D eigenvalue weighted by molar-refractivity contribution is 6.32. The van der Waals surface area contributed by atoms with E-state index in [1.54, 1.807) is 24.3 Å². The van der Waals surface area contributed by atoms with E-state index in [1.807, 2.05) is 0 Å². The fourth-order valence-corrected chi connectivity index (χ4v) is 2.16. The van der Waals surface area contributed by atoms with E-state index >= 15 is 0 Å². The van der Waals surface area contributed by atoms with Gasteiger partial charge in [-0.3, -0.25) is 4.79 Å². The number of carbonyl (C=O) groups is 1. The lowest BCUT2D eigenvalue weighted by Crippen LogP contribution is -2.36. The second-order valence-corrected chi connectivity index (χ2v) is 5.51. The third-order valence-electron chi connectivity index (χ3n) is 3.23. The van der Waals surface area contributed by atoms with Crippen molar-refractivity contribution >= 4 is 17.5 Å². The molecule has 0 spiro atoms. The van der Waals surface area contributed by atoms with Crippen LogP contribution in [-0.4, -0.2) is 12.0 Å². The Hall–Kier alpha value is -2.21. The summed E-state index contributed by atoms with van der Waals surface area (Å²) in [5.74, 6) is -0.0896. The third kappa shape index (κ3) is 4.89. The van der Waals surface area contributed by atoms with Crippen LogP contribution >= 0.6 is 11.6 Å². The summed E-state index contributed by atoms with van der Waals surface area (Å²) in [7, 11) is 0. The van der Waals surface area contributed by atoms with Crippen molar-refractivity contribution in [2.45, 2.75) is 25.7 Å². The largest absolute Gasteiger partial charge is 0.479 e. The first kappa shape index (κ1) is 18.1. The highest BCUT2D eigenvalue weighted by Crippen LogP contribution is 2.29. The molecule has 2 aromatic rings. The number of hydrogen-bond acceptors (Lipinski definition) is 2. The van der Waals surface area contributed by atoms with E-state index in [2.05, 4.69) is 5.32 Å². The molecule has 0 aliphatic carbocycles. The van der Waals surface area contributed by atoms with Gasteiger partial charge in [0.15, 0.2) is 6.10 Å². The molecule has 1 N–H and O–H groups in total. The van der Waals surface area contributed by atoms with Crippen LogP contribution in [0.3, 0.4) is 0 Å². The maximum atomic E-state index is 12.7. The average Bonchev–Trinajstić information content (AvgIpc) is 2.54. The standard InChI is InChI=1S/C17H15ClF3NO2/c1-11(24-15-8-3-2-7-14(15)18)16(23)22-10-12-5-4-6-13(9-12)17(19,20)21/h2-9,11H,10H2,1H3,(H,22,23)/t11-/m0/s1. The van der Waals surface area contributed by atoms with E-state index in [0.717, 1.165) is 12.1 Å². The fourth-order valence-electron chi connectivity index (χ4n) is 1.97. The second kappa shape index (κ2) is 7.57. The molecule has 0 aliphatic heterocycles. The molecule has 0 radical (unpaired) electrons. The molecule has 0 heterocycles. The van der Waals surface area contributed by atoms with Crippen molar-refractivity contribution in [2.75, 3.05) is 0 Å². The predicted molar refractivity (Wildman–Crippen MR) is 84.8 cm³/mol. The maximum Gasteiger partial charge on any atom is 0.416 e. The lowest BCUT2D eigenvalue weighted by Gasteiger charge is -2.16. The molecule has 7 heteroatoms. The second-order valence-electron chi connectivity index (χ2n) is 5.11. The summed E-state index contributed by atoms with van der Waals surface area (Å²) in [4.78, 5) is 12.0. The summed E-state index contributed by atoms with van der Waals surface area (Å²) < 4.78 is 43.4. The zero-order valence-electron chi connectivity index (χ0n) is 12.7. The molecule has 2 rings (SSSR count). The van der Waals surface area contributed by atoms with Gasteiger partial charge in [0.05, 0.1) is 10.6 Å². The topological polar surface area (TPSA) is 38.3 Å². The number of alkyl halides is 3. The van der Waals surface area contributed by atoms with Gasteiger partial charge in [-0.05, 0) is 36.8 Å². The molecule has 0 bridgehead atoms. The van der Waals surface area contributed by atoms with Crippen LogP contribution in [0.5, 0.6) is 5.75 Å². The molecule has 0 aliphatic rings. The Morgan fingerprint density at radius 3 is 2.58 bits per heavy atom. The van der Waals surface area contributed by atoms with E-state index in [4.69, 9.17) is 16.3 Å². The van der Waals surface area contributed by atoms with Crippen LogP contribution in [0.4, 0.5) is 13.2 Å². The first-order chi connectivity index (χ1) is 11.3. The maximum absolute atomic E-state index is 12.7. The molecular formula is C17H15ClF3NO2. The molecule has 3 nitrogen and oxygen atoms in total. The minimum absolute atomic E-state index is 0.0288. The van der Waals surface area contributed by atoms with Gasteiger partial charge in [-0.2, -0.15) is 13.2 Å². The Morgan fingerprint density at radius 2 is 1.92 bits per heavy atom. The van der Waals surface area contributed by atoms with E-state index in [1.165, 1.54) is 19.1 Å². The quantitative estimate of drug-likeness (QED) is 0.859. The van der Waals surface area contributed by atoms with E-state index in [-0.39, 0.29) is 6.54 Å². The van der Waals surface area contributed by atoms with Gasteiger partial charge in [0.2, 0.25) is 0 Å². The summed E-state index contributed by atoms with van der Waals surface area (Å²) in [6, 6.07) is 11.5. The Morgan fingerprint density at radius 1 is 1.21 bits per heavy atom. The van der Waals surface area contributed by atoms with Crippen LogP contribution in [0.15, 0.2) is 48.5 Å². The molecule has 128 valence electrons. The lowest BCUT2D eigenvalue weighted by molar-refractivity contribution is -0.137. The highest BCUT2D eigenvalue weighted by Gasteiger charge is 2.30. The van der Waals surface area contributed by atoms with Crippen LogP contribution in [0.2, 0.25) is 5.02 Å². The number of para-hydroxylation sites is 1. The summed E-state index contributed by atoms with van der Waals surface area (Å²) in [5.41, 5.74) is -0.405. The summed E-state index contributed by atoms with van der Waals surface area (Å²) in [6.07, 6.45) is -5.25. The van der Waals surface area contributed by atoms with E-state index < -0.39 is 23.8 Å². The van der Waals surface area contributed by atoms with Gasteiger partial charge in [0.25, 0.3) is 5.91 Å². The molecule has 0 unspecified atom stereocenters. The Bertz CT molecular complexity index is 719. The van der Waals surface area contributed by atoms with Crippen molar-refractivity contribution in [2.24, 2.45) is 0 Å². The predicted octanol–water partition coefficient (Wildman–Crippen LogP) is 4.44. The van der Waals surface area contributed by atoms with E-state index in [9.17, 15) is 18.0 Å². The molecule has 0 saturated heterocycles. The minimum atomic E-state index is -4.42. The van der Waals surface area contributed by atoms with E-state index in [0.29, 0.717) is 16.3 Å². The van der Waals surface area contributed by atoms with Crippen LogP contribution in [0.25, 0.3) is 0 Å². The fraction of sp³-hybridized carbons (Fsp3) is 0.235. The first-order valence-electron chi connectivity index (χ1n) is 7.12.